The smallest absolute Gasteiger partial charge is 0.102 e. The molecule has 4 heteroatoms. The van der Waals surface area contributed by atoms with E-state index in [-0.39, 0.29) is 6.04 Å². The van der Waals surface area contributed by atoms with Crippen molar-refractivity contribution in [2.24, 2.45) is 0 Å². The molecule has 128 valence electrons. The average molecular weight is 343 g/mol. The lowest BCUT2D eigenvalue weighted by atomic mass is 9.79. The Bertz CT molecular complexity index is 729. The normalized spacial score (nSPS) is 22.6. The van der Waals surface area contributed by atoms with Crippen LogP contribution in [-0.4, -0.2) is 22.1 Å². The Labute approximate surface area is 146 Å². The molecule has 0 aromatic heterocycles. The summed E-state index contributed by atoms with van der Waals surface area (Å²) in [5.41, 5.74) is 2.66. The molecule has 0 saturated carbocycles. The van der Waals surface area contributed by atoms with Gasteiger partial charge in [-0.15, -0.1) is 0 Å². The number of aryl methyl sites for hydroxylation is 1. The van der Waals surface area contributed by atoms with Gasteiger partial charge in [-0.05, 0) is 55.0 Å². The molecule has 1 aliphatic carbocycles. The van der Waals surface area contributed by atoms with Gasteiger partial charge in [-0.1, -0.05) is 36.4 Å². The van der Waals surface area contributed by atoms with Gasteiger partial charge in [0.25, 0.3) is 0 Å². The highest BCUT2D eigenvalue weighted by molar-refractivity contribution is 7.84. The van der Waals surface area contributed by atoms with E-state index in [1.54, 1.807) is 6.26 Å². The molecule has 3 atom stereocenters. The molecule has 0 heterocycles. The molecule has 0 spiro atoms. The minimum atomic E-state index is -0.950. The van der Waals surface area contributed by atoms with Gasteiger partial charge in [-0.3, -0.25) is 4.21 Å². The number of aliphatic hydroxyl groups is 1. The Balaban J connectivity index is 1.70. The second kappa shape index (κ2) is 7.18. The summed E-state index contributed by atoms with van der Waals surface area (Å²) in [5.74, 6) is 0. The zero-order valence-electron chi connectivity index (χ0n) is 14.3. The molecule has 0 amide bonds. The van der Waals surface area contributed by atoms with E-state index in [1.807, 2.05) is 42.5 Å². The van der Waals surface area contributed by atoms with Crippen LogP contribution in [-0.2, 0) is 22.8 Å². The predicted molar refractivity (Wildman–Crippen MR) is 98.5 cm³/mol. The van der Waals surface area contributed by atoms with Crippen LogP contribution in [0.15, 0.2) is 53.4 Å². The van der Waals surface area contributed by atoms with E-state index in [0.717, 1.165) is 35.3 Å². The lowest BCUT2D eigenvalue weighted by Gasteiger charge is -2.35. The maximum Gasteiger partial charge on any atom is 0.102 e. The van der Waals surface area contributed by atoms with Crippen molar-refractivity contribution in [2.75, 3.05) is 12.8 Å². The minimum absolute atomic E-state index is 0.127. The summed E-state index contributed by atoms with van der Waals surface area (Å²) in [5, 5.41) is 14.6. The fraction of sp³-hybridized carbons (Fsp3) is 0.400. The lowest BCUT2D eigenvalue weighted by Crippen LogP contribution is -2.41. The maximum atomic E-state index is 11.5. The Kier molecular flexibility index (Phi) is 5.18. The van der Waals surface area contributed by atoms with Crippen molar-refractivity contribution in [1.29, 1.82) is 0 Å². The Morgan fingerprint density at radius 2 is 1.92 bits per heavy atom. The molecular formula is C20H25NO2S. The van der Waals surface area contributed by atoms with Gasteiger partial charge >= 0.3 is 0 Å². The van der Waals surface area contributed by atoms with Crippen LogP contribution in [0.3, 0.4) is 0 Å². The zero-order valence-corrected chi connectivity index (χ0v) is 15.1. The molecule has 3 rings (SSSR count). The van der Waals surface area contributed by atoms with Crippen LogP contribution in [0.25, 0.3) is 0 Å². The van der Waals surface area contributed by atoms with Gasteiger partial charge in [0.05, 0.1) is 0 Å². The second-order valence-electron chi connectivity index (χ2n) is 6.67. The minimum Gasteiger partial charge on any atom is -0.384 e. The molecule has 3 unspecified atom stereocenters. The first kappa shape index (κ1) is 17.3. The van der Waals surface area contributed by atoms with Crippen LogP contribution in [0.5, 0.6) is 0 Å². The van der Waals surface area contributed by atoms with E-state index >= 15 is 0 Å². The van der Waals surface area contributed by atoms with Crippen LogP contribution >= 0.6 is 0 Å². The summed E-state index contributed by atoms with van der Waals surface area (Å²) in [4.78, 5) is 0.839. The fourth-order valence-electron chi connectivity index (χ4n) is 3.47. The summed E-state index contributed by atoms with van der Waals surface area (Å²) in [6.07, 6.45) is 4.54. The number of nitrogens with one attached hydrogen (secondary N) is 1. The Hall–Kier alpha value is -1.49. The SMILES string of the molecule is CC(NCC1(O)CCCc2ccccc21)c1ccc(S(C)=O)cc1. The van der Waals surface area contributed by atoms with E-state index in [9.17, 15) is 9.32 Å². The van der Waals surface area contributed by atoms with E-state index < -0.39 is 16.4 Å². The fourth-order valence-corrected chi connectivity index (χ4v) is 3.99. The third-order valence-electron chi connectivity index (χ3n) is 4.97. The molecule has 3 nitrogen and oxygen atoms in total. The average Bonchev–Trinajstić information content (AvgIpc) is 2.60. The van der Waals surface area contributed by atoms with E-state index in [4.69, 9.17) is 0 Å². The number of hydrogen-bond donors (Lipinski definition) is 2. The monoisotopic (exact) mass is 343 g/mol. The van der Waals surface area contributed by atoms with Gasteiger partial charge in [0.15, 0.2) is 0 Å². The largest absolute Gasteiger partial charge is 0.384 e. The van der Waals surface area contributed by atoms with Gasteiger partial charge in [0.2, 0.25) is 0 Å². The molecule has 0 radical (unpaired) electrons. The van der Waals surface area contributed by atoms with Gasteiger partial charge in [-0.25, -0.2) is 0 Å². The van der Waals surface area contributed by atoms with Crippen molar-refractivity contribution in [3.63, 3.8) is 0 Å². The number of fused-ring (bicyclic) bond motifs is 1. The number of hydrogen-bond acceptors (Lipinski definition) is 3. The summed E-state index contributed by atoms with van der Waals surface area (Å²) < 4.78 is 11.5. The second-order valence-corrected chi connectivity index (χ2v) is 8.05. The Morgan fingerprint density at radius 3 is 2.62 bits per heavy atom. The Morgan fingerprint density at radius 1 is 1.21 bits per heavy atom. The summed E-state index contributed by atoms with van der Waals surface area (Å²) >= 11 is 0. The van der Waals surface area contributed by atoms with Crippen LogP contribution < -0.4 is 5.32 Å². The molecule has 24 heavy (non-hydrogen) atoms. The van der Waals surface area contributed by atoms with Crippen molar-refractivity contribution in [2.45, 2.75) is 42.7 Å². The molecule has 0 saturated heterocycles. The van der Waals surface area contributed by atoms with Crippen molar-refractivity contribution in [3.8, 4) is 0 Å². The highest BCUT2D eigenvalue weighted by Gasteiger charge is 2.34. The van der Waals surface area contributed by atoms with Gasteiger partial charge in [0.1, 0.15) is 5.60 Å². The standard InChI is InChI=1S/C20H25NO2S/c1-15(16-9-11-18(12-10-16)24(2)23)21-14-20(22)13-5-7-17-6-3-4-8-19(17)20/h3-4,6,8-12,15,21-22H,5,7,13-14H2,1-2H3. The first-order chi connectivity index (χ1) is 11.5. The number of benzene rings is 2. The van der Waals surface area contributed by atoms with Crippen molar-refractivity contribution in [1.82, 2.24) is 5.32 Å². The van der Waals surface area contributed by atoms with Crippen LogP contribution in [0, 0.1) is 0 Å². The third-order valence-corrected chi connectivity index (χ3v) is 5.90. The van der Waals surface area contributed by atoms with Gasteiger partial charge in [-0.2, -0.15) is 0 Å². The van der Waals surface area contributed by atoms with Crippen LogP contribution in [0.2, 0.25) is 0 Å². The van der Waals surface area contributed by atoms with E-state index in [2.05, 4.69) is 18.3 Å². The highest BCUT2D eigenvalue weighted by Crippen LogP contribution is 2.35. The molecular weight excluding hydrogens is 318 g/mol. The van der Waals surface area contributed by atoms with Crippen molar-refractivity contribution in [3.05, 3.63) is 65.2 Å². The maximum absolute atomic E-state index is 11.5. The molecule has 0 bridgehead atoms. The van der Waals surface area contributed by atoms with Crippen molar-refractivity contribution >= 4 is 10.8 Å². The van der Waals surface area contributed by atoms with E-state index in [1.165, 1.54) is 5.56 Å². The summed E-state index contributed by atoms with van der Waals surface area (Å²) in [6, 6.07) is 16.2. The molecule has 2 N–H and O–H groups in total. The molecule has 0 fully saturated rings. The van der Waals surface area contributed by atoms with E-state index in [0.29, 0.717) is 6.54 Å². The summed E-state index contributed by atoms with van der Waals surface area (Å²) in [7, 11) is -0.950. The summed E-state index contributed by atoms with van der Waals surface area (Å²) in [6.45, 7) is 2.63. The molecule has 0 aliphatic heterocycles. The van der Waals surface area contributed by atoms with Crippen molar-refractivity contribution < 1.29 is 9.32 Å². The predicted octanol–water partition coefficient (Wildman–Crippen LogP) is 3.30. The van der Waals surface area contributed by atoms with Gasteiger partial charge in [0, 0.05) is 34.5 Å². The quantitative estimate of drug-likeness (QED) is 0.876. The lowest BCUT2D eigenvalue weighted by molar-refractivity contribution is 0.0170. The molecule has 2 aromatic carbocycles. The first-order valence-electron chi connectivity index (χ1n) is 8.47. The van der Waals surface area contributed by atoms with Crippen LogP contribution in [0.4, 0.5) is 0 Å². The molecule has 1 aliphatic rings. The third kappa shape index (κ3) is 3.61. The zero-order chi connectivity index (χ0) is 17.2. The van der Waals surface area contributed by atoms with Crippen LogP contribution in [0.1, 0.15) is 42.5 Å². The molecule has 2 aromatic rings. The first-order valence-corrected chi connectivity index (χ1v) is 10.0. The topological polar surface area (TPSA) is 49.3 Å². The van der Waals surface area contributed by atoms with Gasteiger partial charge < -0.3 is 10.4 Å². The number of rotatable bonds is 5. The highest BCUT2D eigenvalue weighted by atomic mass is 32.2.